The summed E-state index contributed by atoms with van der Waals surface area (Å²) in [5.41, 5.74) is 4.15. The van der Waals surface area contributed by atoms with E-state index in [4.69, 9.17) is 9.47 Å². The summed E-state index contributed by atoms with van der Waals surface area (Å²) >= 11 is 0. The Labute approximate surface area is 190 Å². The zero-order valence-electron chi connectivity index (χ0n) is 18.4. The van der Waals surface area contributed by atoms with Gasteiger partial charge in [0.15, 0.2) is 0 Å². The van der Waals surface area contributed by atoms with Crippen LogP contribution >= 0.6 is 0 Å². The number of anilines is 1. The van der Waals surface area contributed by atoms with Gasteiger partial charge in [-0.3, -0.25) is 4.79 Å². The predicted octanol–water partition coefficient (Wildman–Crippen LogP) is 3.52. The number of aromatic nitrogens is 5. The fourth-order valence-corrected chi connectivity index (χ4v) is 4.14. The van der Waals surface area contributed by atoms with Crippen LogP contribution in [-0.4, -0.2) is 45.1 Å². The lowest BCUT2D eigenvalue weighted by molar-refractivity contribution is -0.116. The summed E-state index contributed by atoms with van der Waals surface area (Å²) in [6.07, 6.45) is 1.90. The topological polar surface area (TPSA) is 104 Å². The second-order valence-corrected chi connectivity index (χ2v) is 7.71. The highest BCUT2D eigenvalue weighted by Crippen LogP contribution is 2.40. The summed E-state index contributed by atoms with van der Waals surface area (Å²) in [5, 5.41) is 15.9. The van der Waals surface area contributed by atoms with E-state index in [1.165, 1.54) is 0 Å². The van der Waals surface area contributed by atoms with E-state index < -0.39 is 0 Å². The molecule has 0 fully saturated rings. The van der Waals surface area contributed by atoms with Crippen molar-refractivity contribution in [2.45, 2.75) is 19.3 Å². The molecule has 1 N–H and O–H groups in total. The Balaban J connectivity index is 1.60. The van der Waals surface area contributed by atoms with E-state index in [2.05, 4.69) is 25.6 Å². The highest BCUT2D eigenvalue weighted by Gasteiger charge is 2.33. The van der Waals surface area contributed by atoms with Crippen molar-refractivity contribution >= 4 is 11.7 Å². The number of hydrogen-bond donors (Lipinski definition) is 1. The molecule has 33 heavy (non-hydrogen) atoms. The summed E-state index contributed by atoms with van der Waals surface area (Å²) < 4.78 is 12.2. The molecule has 0 unspecified atom stereocenters. The van der Waals surface area contributed by atoms with E-state index in [1.807, 2.05) is 55.5 Å². The molecule has 1 atom stereocenters. The van der Waals surface area contributed by atoms with E-state index in [9.17, 15) is 4.79 Å². The monoisotopic (exact) mass is 442 g/mol. The summed E-state index contributed by atoms with van der Waals surface area (Å²) in [5.74, 6) is 2.02. The van der Waals surface area contributed by atoms with Gasteiger partial charge in [-0.25, -0.2) is 4.98 Å². The van der Waals surface area contributed by atoms with Crippen LogP contribution in [0.5, 0.6) is 11.5 Å². The van der Waals surface area contributed by atoms with E-state index in [-0.39, 0.29) is 17.8 Å². The third-order valence-corrected chi connectivity index (χ3v) is 5.70. The molecular weight excluding hydrogens is 420 g/mol. The number of benzene rings is 2. The smallest absolute Gasteiger partial charge is 0.272 e. The standard InChI is InChI=1S/C24H22N6O3/c1-14-22-19(15-6-4-8-17(10-15)32-2)12-21(31)27-23(22)30(29-14)24-26-20(13-25-28-24)16-7-5-9-18(11-16)33-3/h4-11,13,19H,12H2,1-3H3,(H,27,31)/t19-/m1/s1. The lowest BCUT2D eigenvalue weighted by Gasteiger charge is -2.24. The van der Waals surface area contributed by atoms with Crippen molar-refractivity contribution in [1.82, 2.24) is 25.0 Å². The zero-order valence-corrected chi connectivity index (χ0v) is 18.4. The number of rotatable bonds is 5. The third-order valence-electron chi connectivity index (χ3n) is 5.70. The maximum atomic E-state index is 12.7. The van der Waals surface area contributed by atoms with Gasteiger partial charge >= 0.3 is 0 Å². The van der Waals surface area contributed by atoms with Crippen molar-refractivity contribution in [3.05, 3.63) is 71.5 Å². The van der Waals surface area contributed by atoms with Gasteiger partial charge in [-0.1, -0.05) is 24.3 Å². The number of ether oxygens (including phenoxy) is 2. The number of hydrogen-bond acceptors (Lipinski definition) is 7. The van der Waals surface area contributed by atoms with Crippen molar-refractivity contribution < 1.29 is 14.3 Å². The molecule has 4 aromatic rings. The Bertz CT molecular complexity index is 1350. The number of carbonyl (C=O) groups is 1. The second-order valence-electron chi connectivity index (χ2n) is 7.71. The van der Waals surface area contributed by atoms with E-state index >= 15 is 0 Å². The van der Waals surface area contributed by atoms with Crippen LogP contribution in [0.2, 0.25) is 0 Å². The zero-order chi connectivity index (χ0) is 22.9. The van der Waals surface area contributed by atoms with Gasteiger partial charge in [-0.2, -0.15) is 14.9 Å². The Morgan fingerprint density at radius 1 is 1.06 bits per heavy atom. The molecule has 1 aliphatic rings. The van der Waals surface area contributed by atoms with Gasteiger partial charge in [0.05, 0.1) is 31.8 Å². The summed E-state index contributed by atoms with van der Waals surface area (Å²) in [4.78, 5) is 17.3. The average Bonchev–Trinajstić information content (AvgIpc) is 3.19. The maximum Gasteiger partial charge on any atom is 0.272 e. The fourth-order valence-electron chi connectivity index (χ4n) is 4.14. The van der Waals surface area contributed by atoms with E-state index in [0.29, 0.717) is 23.7 Å². The van der Waals surface area contributed by atoms with Gasteiger partial charge in [-0.05, 0) is 36.8 Å². The molecular formula is C24H22N6O3. The van der Waals surface area contributed by atoms with Crippen LogP contribution in [0.25, 0.3) is 17.2 Å². The molecule has 2 aromatic heterocycles. The molecule has 9 nitrogen and oxygen atoms in total. The first-order valence-electron chi connectivity index (χ1n) is 10.4. The third kappa shape index (κ3) is 3.78. The minimum Gasteiger partial charge on any atom is -0.497 e. The molecule has 166 valence electrons. The van der Waals surface area contributed by atoms with Gasteiger partial charge in [0.25, 0.3) is 5.95 Å². The number of aryl methyl sites for hydroxylation is 1. The first kappa shape index (κ1) is 20.6. The van der Waals surface area contributed by atoms with Crippen LogP contribution in [0.15, 0.2) is 54.7 Å². The molecule has 3 heterocycles. The number of fused-ring (bicyclic) bond motifs is 1. The summed E-state index contributed by atoms with van der Waals surface area (Å²) in [7, 11) is 3.24. The molecule has 0 radical (unpaired) electrons. The Kier molecular flexibility index (Phi) is 5.21. The van der Waals surface area contributed by atoms with Gasteiger partial charge in [0.1, 0.15) is 17.3 Å². The maximum absolute atomic E-state index is 12.7. The van der Waals surface area contributed by atoms with Gasteiger partial charge < -0.3 is 14.8 Å². The molecule has 0 saturated carbocycles. The van der Waals surface area contributed by atoms with E-state index in [1.54, 1.807) is 25.1 Å². The highest BCUT2D eigenvalue weighted by atomic mass is 16.5. The average molecular weight is 442 g/mol. The number of methoxy groups -OCH3 is 2. The van der Waals surface area contributed by atoms with Crippen LogP contribution < -0.4 is 14.8 Å². The van der Waals surface area contributed by atoms with Crippen LogP contribution in [0.1, 0.15) is 29.2 Å². The molecule has 2 aromatic carbocycles. The fraction of sp³-hybridized carbons (Fsp3) is 0.208. The molecule has 0 bridgehead atoms. The Morgan fingerprint density at radius 3 is 2.61 bits per heavy atom. The number of nitrogens with one attached hydrogen (secondary N) is 1. The van der Waals surface area contributed by atoms with Crippen LogP contribution in [0, 0.1) is 6.92 Å². The molecule has 0 saturated heterocycles. The van der Waals surface area contributed by atoms with Crippen LogP contribution in [-0.2, 0) is 4.79 Å². The van der Waals surface area contributed by atoms with Crippen LogP contribution in [0.3, 0.4) is 0 Å². The van der Waals surface area contributed by atoms with Crippen molar-refractivity contribution in [3.8, 4) is 28.7 Å². The SMILES string of the molecule is COc1cccc(-c2cnnc(-n3nc(C)c4c3NC(=O)C[C@@H]4c3cccc(OC)c3)n2)c1. The van der Waals surface area contributed by atoms with E-state index in [0.717, 1.165) is 28.1 Å². The van der Waals surface area contributed by atoms with Crippen molar-refractivity contribution in [3.63, 3.8) is 0 Å². The molecule has 1 amide bonds. The molecule has 5 rings (SSSR count). The molecule has 0 spiro atoms. The Morgan fingerprint density at radius 2 is 1.82 bits per heavy atom. The summed E-state index contributed by atoms with van der Waals surface area (Å²) in [6, 6.07) is 15.3. The minimum atomic E-state index is -0.160. The largest absolute Gasteiger partial charge is 0.497 e. The van der Waals surface area contributed by atoms with Gasteiger partial charge in [-0.15, -0.1) is 5.10 Å². The van der Waals surface area contributed by atoms with Crippen LogP contribution in [0.4, 0.5) is 5.82 Å². The molecule has 9 heteroatoms. The first-order valence-corrected chi connectivity index (χ1v) is 10.4. The molecule has 0 aliphatic carbocycles. The number of carbonyl (C=O) groups excluding carboxylic acids is 1. The molecule has 1 aliphatic heterocycles. The number of amides is 1. The quantitative estimate of drug-likeness (QED) is 0.504. The lowest BCUT2D eigenvalue weighted by atomic mass is 9.86. The van der Waals surface area contributed by atoms with Crippen molar-refractivity contribution in [2.24, 2.45) is 0 Å². The van der Waals surface area contributed by atoms with Crippen molar-refractivity contribution in [2.75, 3.05) is 19.5 Å². The minimum absolute atomic E-state index is 0.103. The predicted molar refractivity (Wildman–Crippen MR) is 122 cm³/mol. The summed E-state index contributed by atoms with van der Waals surface area (Å²) in [6.45, 7) is 1.92. The first-order chi connectivity index (χ1) is 16.1. The normalized spacial score (nSPS) is 15.0. The van der Waals surface area contributed by atoms with Gasteiger partial charge in [0.2, 0.25) is 5.91 Å². The Hall–Kier alpha value is -4.27. The highest BCUT2D eigenvalue weighted by molar-refractivity contribution is 5.95. The van der Waals surface area contributed by atoms with Crippen molar-refractivity contribution in [1.29, 1.82) is 0 Å². The van der Waals surface area contributed by atoms with Gasteiger partial charge in [0, 0.05) is 23.5 Å². The number of nitrogens with zero attached hydrogens (tertiary/aromatic N) is 5. The second kappa shape index (κ2) is 8.34. The lowest BCUT2D eigenvalue weighted by Crippen LogP contribution is -2.25.